The molecule has 1 heterocycles. The van der Waals surface area contributed by atoms with Crippen molar-refractivity contribution in [1.29, 1.82) is 0 Å². The van der Waals surface area contributed by atoms with E-state index in [1.54, 1.807) is 24.4 Å². The normalized spacial score (nSPS) is 10.4. The summed E-state index contributed by atoms with van der Waals surface area (Å²) in [4.78, 5) is 15.6. The van der Waals surface area contributed by atoms with E-state index >= 15 is 0 Å². The minimum atomic E-state index is -0.00647. The zero-order valence-corrected chi connectivity index (χ0v) is 12.7. The van der Waals surface area contributed by atoms with Crippen molar-refractivity contribution in [2.45, 2.75) is 17.7 Å². The molecular weight excluding hydrogens is 326 g/mol. The molecule has 0 aliphatic rings. The number of rotatable bonds is 4. The van der Waals surface area contributed by atoms with Crippen molar-refractivity contribution < 1.29 is 9.90 Å². The fourth-order valence-electron chi connectivity index (χ4n) is 1.52. The lowest BCUT2D eigenvalue weighted by atomic mass is 10.1. The van der Waals surface area contributed by atoms with Gasteiger partial charge in [0, 0.05) is 27.5 Å². The van der Waals surface area contributed by atoms with Crippen molar-refractivity contribution in [2.24, 2.45) is 0 Å². The van der Waals surface area contributed by atoms with E-state index in [1.165, 1.54) is 18.7 Å². The summed E-state index contributed by atoms with van der Waals surface area (Å²) in [5.74, 6) is 0.768. The highest BCUT2D eigenvalue weighted by atomic mass is 79.9. The number of nitrogens with zero attached hydrogens (tertiary/aromatic N) is 1. The third kappa shape index (κ3) is 3.81. The average Bonchev–Trinajstić information content (AvgIpc) is 2.39. The van der Waals surface area contributed by atoms with Gasteiger partial charge in [-0.05, 0) is 53.2 Å². The number of benzene rings is 1. The highest BCUT2D eigenvalue weighted by Crippen LogP contribution is 2.27. The van der Waals surface area contributed by atoms with Gasteiger partial charge in [-0.25, -0.2) is 4.98 Å². The molecule has 2 aromatic rings. The number of thioether (sulfide) groups is 1. The topological polar surface area (TPSA) is 50.2 Å². The van der Waals surface area contributed by atoms with E-state index in [1.807, 2.05) is 12.1 Å². The Hall–Kier alpha value is -1.33. The van der Waals surface area contributed by atoms with E-state index < -0.39 is 0 Å². The maximum absolute atomic E-state index is 11.3. The zero-order valence-electron chi connectivity index (χ0n) is 10.3. The van der Waals surface area contributed by atoms with Crippen LogP contribution in [0.15, 0.2) is 46.0 Å². The fraction of sp³-hybridized carbons (Fsp3) is 0.143. The van der Waals surface area contributed by atoms with Crippen LogP contribution in [0.1, 0.15) is 22.8 Å². The molecule has 0 spiro atoms. The molecule has 19 heavy (non-hydrogen) atoms. The predicted octanol–water partition coefficient (Wildman–Crippen LogP) is 4.04. The van der Waals surface area contributed by atoms with Crippen LogP contribution in [-0.4, -0.2) is 15.9 Å². The Morgan fingerprint density at radius 3 is 2.79 bits per heavy atom. The third-order valence-corrected chi connectivity index (χ3v) is 4.02. The molecule has 1 N–H and O–H groups in total. The molecule has 0 aliphatic carbocycles. The number of phenolic OH excluding ortho intramolecular Hbond substituents is 1. The molecule has 0 fully saturated rings. The van der Waals surface area contributed by atoms with Gasteiger partial charge < -0.3 is 5.11 Å². The molecule has 1 aromatic heterocycles. The summed E-state index contributed by atoms with van der Waals surface area (Å²) in [5.41, 5.74) is 1.35. The molecule has 98 valence electrons. The second kappa shape index (κ2) is 6.21. The first-order chi connectivity index (χ1) is 9.06. The molecule has 5 heteroatoms. The van der Waals surface area contributed by atoms with Gasteiger partial charge in [-0.15, -0.1) is 11.8 Å². The number of aromatic nitrogens is 1. The zero-order chi connectivity index (χ0) is 13.8. The number of hydrogen-bond acceptors (Lipinski definition) is 4. The third-order valence-electron chi connectivity index (χ3n) is 2.56. The van der Waals surface area contributed by atoms with E-state index in [0.717, 1.165) is 15.1 Å². The summed E-state index contributed by atoms with van der Waals surface area (Å²) in [5, 5.41) is 10.7. The molecule has 0 atom stereocenters. The molecular formula is C14H12BrNO2S. The van der Waals surface area contributed by atoms with E-state index in [0.29, 0.717) is 11.3 Å². The number of aromatic hydroxyl groups is 1. The molecule has 0 saturated carbocycles. The van der Waals surface area contributed by atoms with E-state index in [9.17, 15) is 9.90 Å². The minimum absolute atomic E-state index is 0.00647. The van der Waals surface area contributed by atoms with Crippen LogP contribution in [0, 0.1) is 0 Å². The van der Waals surface area contributed by atoms with Crippen molar-refractivity contribution in [3.8, 4) is 5.75 Å². The highest BCUT2D eigenvalue weighted by molar-refractivity contribution is 9.10. The van der Waals surface area contributed by atoms with Crippen LogP contribution in [0.4, 0.5) is 0 Å². The number of carbonyl (C=O) groups is 1. The van der Waals surface area contributed by atoms with Crippen molar-refractivity contribution in [3.05, 3.63) is 52.1 Å². The molecule has 1 aromatic carbocycles. The number of phenols is 1. The molecule has 2 rings (SSSR count). The summed E-state index contributed by atoms with van der Waals surface area (Å²) in [6.07, 6.45) is 1.73. The first-order valence-corrected chi connectivity index (χ1v) is 7.41. The van der Waals surface area contributed by atoms with Crippen LogP contribution in [0.5, 0.6) is 5.75 Å². The number of hydrogen-bond donors (Lipinski definition) is 1. The van der Waals surface area contributed by atoms with E-state index in [2.05, 4.69) is 20.9 Å². The summed E-state index contributed by atoms with van der Waals surface area (Å²) >= 11 is 4.84. The molecule has 0 radical (unpaired) electrons. The van der Waals surface area contributed by atoms with Crippen molar-refractivity contribution in [3.63, 3.8) is 0 Å². The smallest absolute Gasteiger partial charge is 0.159 e. The second-order valence-electron chi connectivity index (χ2n) is 4.00. The Kier molecular flexibility index (Phi) is 4.61. The molecule has 0 amide bonds. The Morgan fingerprint density at radius 2 is 2.16 bits per heavy atom. The van der Waals surface area contributed by atoms with E-state index in [-0.39, 0.29) is 11.5 Å². The number of pyridine rings is 1. The van der Waals surface area contributed by atoms with Gasteiger partial charge in [-0.1, -0.05) is 0 Å². The minimum Gasteiger partial charge on any atom is -0.508 e. The van der Waals surface area contributed by atoms with Gasteiger partial charge in [0.1, 0.15) is 5.75 Å². The Labute approximate surface area is 124 Å². The van der Waals surface area contributed by atoms with Crippen LogP contribution in [0.3, 0.4) is 0 Å². The monoisotopic (exact) mass is 337 g/mol. The van der Waals surface area contributed by atoms with Crippen LogP contribution < -0.4 is 0 Å². The molecule has 0 aliphatic heterocycles. The summed E-state index contributed by atoms with van der Waals surface area (Å²) < 4.78 is 0.929. The van der Waals surface area contributed by atoms with Crippen LogP contribution in [-0.2, 0) is 5.75 Å². The van der Waals surface area contributed by atoms with Gasteiger partial charge >= 0.3 is 0 Å². The van der Waals surface area contributed by atoms with Crippen LogP contribution in [0.25, 0.3) is 0 Å². The van der Waals surface area contributed by atoms with Crippen molar-refractivity contribution >= 4 is 33.5 Å². The first kappa shape index (κ1) is 14.1. The fourth-order valence-corrected chi connectivity index (χ4v) is 2.58. The number of ketones is 1. The quantitative estimate of drug-likeness (QED) is 0.675. The molecule has 0 unspecified atom stereocenters. The number of carbonyl (C=O) groups excluding carboxylic acids is 1. The lowest BCUT2D eigenvalue weighted by Crippen LogP contribution is -1.94. The lowest BCUT2D eigenvalue weighted by Gasteiger charge is -2.06. The van der Waals surface area contributed by atoms with Crippen molar-refractivity contribution in [1.82, 2.24) is 4.98 Å². The average molecular weight is 338 g/mol. The molecule has 0 saturated heterocycles. The van der Waals surface area contributed by atoms with Gasteiger partial charge in [-0.3, -0.25) is 4.79 Å². The molecule has 0 bridgehead atoms. The summed E-state index contributed by atoms with van der Waals surface area (Å²) in [7, 11) is 0. The van der Waals surface area contributed by atoms with Crippen LogP contribution in [0.2, 0.25) is 0 Å². The number of Topliss-reactive ketones (excluding diaryl/α,β-unsaturated/α-hetero) is 1. The molecule has 3 nitrogen and oxygen atoms in total. The summed E-state index contributed by atoms with van der Waals surface area (Å²) in [6, 6.07) is 8.73. The maximum Gasteiger partial charge on any atom is 0.159 e. The van der Waals surface area contributed by atoms with Gasteiger partial charge in [-0.2, -0.15) is 0 Å². The first-order valence-electron chi connectivity index (χ1n) is 5.63. The second-order valence-corrected chi connectivity index (χ2v) is 5.91. The van der Waals surface area contributed by atoms with Gasteiger partial charge in [0.15, 0.2) is 5.78 Å². The highest BCUT2D eigenvalue weighted by Gasteiger charge is 2.07. The standard InChI is InChI=1S/C14H12BrNO2S/c1-9(17)10-2-4-13(18)11(6-10)8-19-14-5-3-12(15)7-16-14/h2-7,18H,8H2,1H3. The largest absolute Gasteiger partial charge is 0.508 e. The number of halogens is 1. The van der Waals surface area contributed by atoms with E-state index in [4.69, 9.17) is 0 Å². The lowest BCUT2D eigenvalue weighted by molar-refractivity contribution is 0.101. The SMILES string of the molecule is CC(=O)c1ccc(O)c(CSc2ccc(Br)cn2)c1. The predicted molar refractivity (Wildman–Crippen MR) is 79.6 cm³/mol. The van der Waals surface area contributed by atoms with Crippen LogP contribution >= 0.6 is 27.7 Å². The van der Waals surface area contributed by atoms with Gasteiger partial charge in [0.2, 0.25) is 0 Å². The summed E-state index contributed by atoms with van der Waals surface area (Å²) in [6.45, 7) is 1.51. The Balaban J connectivity index is 2.12. The van der Waals surface area contributed by atoms with Gasteiger partial charge in [0.25, 0.3) is 0 Å². The maximum atomic E-state index is 11.3. The van der Waals surface area contributed by atoms with Crippen molar-refractivity contribution in [2.75, 3.05) is 0 Å². The Bertz CT molecular complexity index is 599. The Morgan fingerprint density at radius 1 is 1.37 bits per heavy atom. The van der Waals surface area contributed by atoms with Gasteiger partial charge in [0.05, 0.1) is 5.03 Å².